The number of benzene rings is 1. The first kappa shape index (κ1) is 18.1. The van der Waals surface area contributed by atoms with Crippen LogP contribution in [0, 0.1) is 5.92 Å². The van der Waals surface area contributed by atoms with Crippen LogP contribution in [-0.4, -0.2) is 38.5 Å². The number of carbonyl (C=O) groups is 1. The molecule has 0 saturated carbocycles. The Labute approximate surface area is 169 Å². The SMILES string of the molecule is O=C(c1cc2c(s1)CCC2)N1CCC([C@H]2Nc3ccccc3S(=O)(=O)N2)CC1. The van der Waals surface area contributed by atoms with Crippen LogP contribution in [0.5, 0.6) is 0 Å². The van der Waals surface area contributed by atoms with Gasteiger partial charge < -0.3 is 10.2 Å². The molecule has 0 bridgehead atoms. The summed E-state index contributed by atoms with van der Waals surface area (Å²) in [6.45, 7) is 1.32. The molecule has 8 heteroatoms. The summed E-state index contributed by atoms with van der Waals surface area (Å²) in [5.41, 5.74) is 2.00. The lowest BCUT2D eigenvalue weighted by Crippen LogP contribution is -2.52. The zero-order valence-corrected chi connectivity index (χ0v) is 17.1. The molecule has 5 rings (SSSR count). The van der Waals surface area contributed by atoms with E-state index < -0.39 is 10.0 Å². The number of likely N-dealkylation sites (tertiary alicyclic amines) is 1. The average Bonchev–Trinajstić information content (AvgIpc) is 3.29. The van der Waals surface area contributed by atoms with E-state index in [1.165, 1.54) is 16.9 Å². The fourth-order valence-corrected chi connectivity index (χ4v) is 7.10. The number of thiophene rings is 1. The second kappa shape index (κ2) is 6.86. The van der Waals surface area contributed by atoms with Gasteiger partial charge in [-0.25, -0.2) is 8.42 Å². The molecule has 2 N–H and O–H groups in total. The number of fused-ring (bicyclic) bond motifs is 2. The lowest BCUT2D eigenvalue weighted by Gasteiger charge is -2.38. The Morgan fingerprint density at radius 2 is 1.93 bits per heavy atom. The minimum absolute atomic E-state index is 0.125. The third kappa shape index (κ3) is 3.13. The molecule has 1 aromatic heterocycles. The van der Waals surface area contributed by atoms with Gasteiger partial charge in [0.15, 0.2) is 0 Å². The highest BCUT2D eigenvalue weighted by Crippen LogP contribution is 2.33. The van der Waals surface area contributed by atoms with Gasteiger partial charge >= 0.3 is 0 Å². The number of aryl methyl sites for hydroxylation is 2. The summed E-state index contributed by atoms with van der Waals surface area (Å²) in [5, 5.41) is 3.33. The van der Waals surface area contributed by atoms with Gasteiger partial charge in [0.1, 0.15) is 4.90 Å². The Bertz CT molecular complexity index is 1000. The molecule has 2 aromatic rings. The fraction of sp³-hybridized carbons (Fsp3) is 0.450. The summed E-state index contributed by atoms with van der Waals surface area (Å²) in [7, 11) is -3.50. The molecule has 0 unspecified atom stereocenters. The topological polar surface area (TPSA) is 78.5 Å². The van der Waals surface area contributed by atoms with Gasteiger partial charge in [0.2, 0.25) is 10.0 Å². The molecule has 1 aliphatic carbocycles. The summed E-state index contributed by atoms with van der Waals surface area (Å²) in [6, 6.07) is 9.05. The maximum absolute atomic E-state index is 12.9. The Hall–Kier alpha value is -1.90. The molecule has 2 aliphatic heterocycles. The summed E-state index contributed by atoms with van der Waals surface area (Å²) in [6.07, 6.45) is 4.62. The third-order valence-corrected chi connectivity index (χ3v) is 8.75. The molecule has 6 nitrogen and oxygen atoms in total. The van der Waals surface area contributed by atoms with E-state index in [1.54, 1.807) is 29.5 Å². The van der Waals surface area contributed by atoms with Crippen molar-refractivity contribution >= 4 is 33.0 Å². The van der Waals surface area contributed by atoms with Gasteiger partial charge in [-0.2, -0.15) is 4.72 Å². The number of rotatable bonds is 2. The van der Waals surface area contributed by atoms with Crippen LogP contribution in [0.1, 0.15) is 39.4 Å². The molecule has 1 amide bonds. The van der Waals surface area contributed by atoms with Crippen molar-refractivity contribution in [2.24, 2.45) is 5.92 Å². The van der Waals surface area contributed by atoms with Gasteiger partial charge in [-0.3, -0.25) is 4.79 Å². The van der Waals surface area contributed by atoms with Crippen LogP contribution in [-0.2, 0) is 22.9 Å². The highest BCUT2D eigenvalue weighted by atomic mass is 32.2. The lowest BCUT2D eigenvalue weighted by atomic mass is 9.93. The summed E-state index contributed by atoms with van der Waals surface area (Å²) in [4.78, 5) is 17.3. The number of para-hydroxylation sites is 1. The number of hydrogen-bond donors (Lipinski definition) is 2. The standard InChI is InChI=1S/C20H23N3O3S2/c24-20(17-12-14-4-3-6-16(14)27-17)23-10-8-13(9-11-23)19-21-15-5-1-2-7-18(15)28(25,26)22-19/h1-2,5,7,12-13,19,21-22H,3-4,6,8-11H2/t19-/m0/s1. The van der Waals surface area contributed by atoms with E-state index in [4.69, 9.17) is 0 Å². The summed E-state index contributed by atoms with van der Waals surface area (Å²) >= 11 is 1.65. The third-order valence-electron chi connectivity index (χ3n) is 6.03. The van der Waals surface area contributed by atoms with Crippen molar-refractivity contribution in [3.8, 4) is 0 Å². The Morgan fingerprint density at radius 3 is 2.71 bits per heavy atom. The van der Waals surface area contributed by atoms with Gasteiger partial charge in [0.25, 0.3) is 5.91 Å². The minimum Gasteiger partial charge on any atom is -0.368 e. The van der Waals surface area contributed by atoms with Crippen LogP contribution in [0.25, 0.3) is 0 Å². The van der Waals surface area contributed by atoms with Crippen molar-refractivity contribution in [2.75, 3.05) is 18.4 Å². The number of anilines is 1. The quantitative estimate of drug-likeness (QED) is 0.788. The summed E-state index contributed by atoms with van der Waals surface area (Å²) in [5.74, 6) is 0.279. The molecule has 28 heavy (non-hydrogen) atoms. The van der Waals surface area contributed by atoms with Crippen LogP contribution in [0.15, 0.2) is 35.2 Å². The first-order valence-electron chi connectivity index (χ1n) is 9.80. The van der Waals surface area contributed by atoms with Gasteiger partial charge in [-0.05, 0) is 61.8 Å². The van der Waals surface area contributed by atoms with Gasteiger partial charge in [0, 0.05) is 18.0 Å². The normalized spacial score (nSPS) is 23.7. The number of piperidine rings is 1. The molecule has 3 heterocycles. The predicted molar refractivity (Wildman–Crippen MR) is 109 cm³/mol. The smallest absolute Gasteiger partial charge is 0.263 e. The number of carbonyl (C=O) groups excluding carboxylic acids is 1. The second-order valence-corrected chi connectivity index (χ2v) is 10.6. The number of sulfonamides is 1. The highest BCUT2D eigenvalue weighted by molar-refractivity contribution is 7.89. The lowest BCUT2D eigenvalue weighted by molar-refractivity contribution is 0.0684. The van der Waals surface area contributed by atoms with E-state index in [0.717, 1.165) is 30.6 Å². The van der Waals surface area contributed by atoms with Crippen molar-refractivity contribution in [1.82, 2.24) is 9.62 Å². The van der Waals surface area contributed by atoms with E-state index in [2.05, 4.69) is 16.1 Å². The van der Waals surface area contributed by atoms with E-state index >= 15 is 0 Å². The molecule has 3 aliphatic rings. The monoisotopic (exact) mass is 417 g/mol. The predicted octanol–water partition coefficient (Wildman–Crippen LogP) is 2.82. The van der Waals surface area contributed by atoms with Crippen LogP contribution >= 0.6 is 11.3 Å². The van der Waals surface area contributed by atoms with E-state index in [0.29, 0.717) is 23.7 Å². The molecule has 0 spiro atoms. The van der Waals surface area contributed by atoms with Crippen molar-refractivity contribution < 1.29 is 13.2 Å². The number of nitrogens with zero attached hydrogens (tertiary/aromatic N) is 1. The van der Waals surface area contributed by atoms with E-state index in [-0.39, 0.29) is 18.0 Å². The molecule has 1 saturated heterocycles. The van der Waals surface area contributed by atoms with Crippen molar-refractivity contribution in [1.29, 1.82) is 0 Å². The van der Waals surface area contributed by atoms with E-state index in [9.17, 15) is 13.2 Å². The largest absolute Gasteiger partial charge is 0.368 e. The average molecular weight is 418 g/mol. The molecule has 0 radical (unpaired) electrons. The maximum atomic E-state index is 12.9. The summed E-state index contributed by atoms with van der Waals surface area (Å²) < 4.78 is 27.9. The molecule has 1 aromatic carbocycles. The van der Waals surface area contributed by atoms with Crippen LogP contribution < -0.4 is 10.0 Å². The first-order chi connectivity index (χ1) is 13.5. The molecular formula is C20H23N3O3S2. The van der Waals surface area contributed by atoms with Crippen molar-refractivity contribution in [3.05, 3.63) is 45.6 Å². The van der Waals surface area contributed by atoms with Crippen LogP contribution in [0.3, 0.4) is 0 Å². The minimum atomic E-state index is -3.50. The van der Waals surface area contributed by atoms with Crippen LogP contribution in [0.2, 0.25) is 0 Å². The molecule has 1 atom stereocenters. The van der Waals surface area contributed by atoms with Crippen molar-refractivity contribution in [3.63, 3.8) is 0 Å². The second-order valence-electron chi connectivity index (χ2n) is 7.78. The number of hydrogen-bond acceptors (Lipinski definition) is 5. The Morgan fingerprint density at radius 1 is 1.14 bits per heavy atom. The number of amides is 1. The van der Waals surface area contributed by atoms with Gasteiger partial charge in [-0.1, -0.05) is 12.1 Å². The highest BCUT2D eigenvalue weighted by Gasteiger charge is 2.36. The molecular weight excluding hydrogens is 394 g/mol. The number of nitrogens with one attached hydrogen (secondary N) is 2. The first-order valence-corrected chi connectivity index (χ1v) is 12.1. The van der Waals surface area contributed by atoms with Crippen molar-refractivity contribution in [2.45, 2.75) is 43.2 Å². The maximum Gasteiger partial charge on any atom is 0.263 e. The zero-order valence-electron chi connectivity index (χ0n) is 15.5. The van der Waals surface area contributed by atoms with Gasteiger partial charge in [-0.15, -0.1) is 11.3 Å². The Kier molecular flexibility index (Phi) is 4.45. The zero-order chi connectivity index (χ0) is 19.3. The fourth-order valence-electron chi connectivity index (χ4n) is 4.49. The van der Waals surface area contributed by atoms with E-state index in [1.807, 2.05) is 11.0 Å². The van der Waals surface area contributed by atoms with Gasteiger partial charge in [0.05, 0.1) is 16.7 Å². The molecule has 1 fully saturated rings. The van der Waals surface area contributed by atoms with Crippen LogP contribution in [0.4, 0.5) is 5.69 Å². The Balaban J connectivity index is 1.25. The molecule has 148 valence electrons.